The van der Waals surface area contributed by atoms with Crippen molar-refractivity contribution in [2.45, 2.75) is 26.3 Å². The molecule has 1 aromatic carbocycles. The number of nitrogens with one attached hydrogen (secondary N) is 1. The molecular formula is C15H18N2O2. The normalized spacial score (nSPS) is 11.4. The molecule has 2 aromatic rings. The van der Waals surface area contributed by atoms with Gasteiger partial charge in [0, 0.05) is 17.1 Å². The molecule has 0 aliphatic heterocycles. The molecule has 1 amide bonds. The summed E-state index contributed by atoms with van der Waals surface area (Å²) < 4.78 is 5.17. The maximum Gasteiger partial charge on any atom is 0.253 e. The van der Waals surface area contributed by atoms with Crippen LogP contribution in [0.3, 0.4) is 0 Å². The van der Waals surface area contributed by atoms with Crippen molar-refractivity contribution in [1.29, 1.82) is 0 Å². The molecule has 0 aliphatic carbocycles. The summed E-state index contributed by atoms with van der Waals surface area (Å²) in [5, 5.41) is 3.81. The number of amides is 1. The molecule has 19 heavy (non-hydrogen) atoms. The lowest BCUT2D eigenvalue weighted by molar-refractivity contribution is 0.0919. The largest absolute Gasteiger partial charge is 0.497 e. The van der Waals surface area contributed by atoms with Crippen LogP contribution in [0.15, 0.2) is 30.5 Å². The maximum absolute atomic E-state index is 12.1. The third-order valence-corrected chi connectivity index (χ3v) is 2.64. The smallest absolute Gasteiger partial charge is 0.253 e. The minimum atomic E-state index is -0.263. The number of ether oxygens (including phenoxy) is 1. The fourth-order valence-corrected chi connectivity index (χ4v) is 1.77. The highest BCUT2D eigenvalue weighted by molar-refractivity contribution is 5.97. The number of hydrogen-bond acceptors (Lipinski definition) is 3. The number of aromatic nitrogens is 1. The van der Waals surface area contributed by atoms with E-state index in [0.29, 0.717) is 5.56 Å². The molecular weight excluding hydrogens is 240 g/mol. The number of hydrogen-bond donors (Lipinski definition) is 1. The summed E-state index contributed by atoms with van der Waals surface area (Å²) in [4.78, 5) is 16.4. The van der Waals surface area contributed by atoms with E-state index in [9.17, 15) is 4.79 Å². The van der Waals surface area contributed by atoms with Crippen molar-refractivity contribution in [2.75, 3.05) is 7.11 Å². The van der Waals surface area contributed by atoms with Crippen LogP contribution < -0.4 is 10.1 Å². The highest BCUT2D eigenvalue weighted by atomic mass is 16.5. The second kappa shape index (κ2) is 4.88. The summed E-state index contributed by atoms with van der Waals surface area (Å²) in [7, 11) is 1.62. The van der Waals surface area contributed by atoms with Gasteiger partial charge in [0.25, 0.3) is 5.91 Å². The Bertz CT molecular complexity index is 615. The van der Waals surface area contributed by atoms with Gasteiger partial charge in [-0.1, -0.05) is 0 Å². The lowest BCUT2D eigenvalue weighted by Gasteiger charge is -2.20. The average Bonchev–Trinajstić information content (AvgIpc) is 2.35. The van der Waals surface area contributed by atoms with Crippen LogP contribution in [0.2, 0.25) is 0 Å². The van der Waals surface area contributed by atoms with E-state index in [2.05, 4.69) is 10.3 Å². The van der Waals surface area contributed by atoms with E-state index in [1.165, 1.54) is 0 Å². The van der Waals surface area contributed by atoms with E-state index >= 15 is 0 Å². The quantitative estimate of drug-likeness (QED) is 0.901. The first-order chi connectivity index (χ1) is 8.89. The molecule has 1 aromatic heterocycles. The summed E-state index contributed by atoms with van der Waals surface area (Å²) in [6.45, 7) is 5.84. The number of fused-ring (bicyclic) bond motifs is 1. The first-order valence-electron chi connectivity index (χ1n) is 6.15. The molecule has 0 bridgehead atoms. The maximum atomic E-state index is 12.1. The van der Waals surface area contributed by atoms with Crippen molar-refractivity contribution in [2.24, 2.45) is 0 Å². The van der Waals surface area contributed by atoms with Gasteiger partial charge in [-0.3, -0.25) is 9.78 Å². The number of carbonyl (C=O) groups is 1. The van der Waals surface area contributed by atoms with Crippen molar-refractivity contribution < 1.29 is 9.53 Å². The van der Waals surface area contributed by atoms with Crippen molar-refractivity contribution in [3.63, 3.8) is 0 Å². The Morgan fingerprint density at radius 3 is 2.63 bits per heavy atom. The van der Waals surface area contributed by atoms with Gasteiger partial charge in [0.2, 0.25) is 0 Å². The van der Waals surface area contributed by atoms with Crippen molar-refractivity contribution >= 4 is 16.8 Å². The zero-order valence-electron chi connectivity index (χ0n) is 11.7. The van der Waals surface area contributed by atoms with E-state index in [1.54, 1.807) is 13.3 Å². The molecule has 1 heterocycles. The Morgan fingerprint density at radius 2 is 2.00 bits per heavy atom. The van der Waals surface area contributed by atoms with E-state index in [-0.39, 0.29) is 11.4 Å². The van der Waals surface area contributed by atoms with Gasteiger partial charge in [0.1, 0.15) is 5.75 Å². The Kier molecular flexibility index (Phi) is 3.42. The highest BCUT2D eigenvalue weighted by Crippen LogP contribution is 2.20. The SMILES string of the molecule is COc1ccc2ncc(C(=O)NC(C)(C)C)cc2c1. The van der Waals surface area contributed by atoms with Gasteiger partial charge in [-0.2, -0.15) is 0 Å². The minimum absolute atomic E-state index is 0.121. The van der Waals surface area contributed by atoms with Crippen LogP contribution in [0, 0.1) is 0 Å². The third-order valence-electron chi connectivity index (χ3n) is 2.64. The molecule has 0 fully saturated rings. The zero-order chi connectivity index (χ0) is 14.0. The highest BCUT2D eigenvalue weighted by Gasteiger charge is 2.15. The number of methoxy groups -OCH3 is 1. The molecule has 1 N–H and O–H groups in total. The van der Waals surface area contributed by atoms with Gasteiger partial charge >= 0.3 is 0 Å². The summed E-state index contributed by atoms with van der Waals surface area (Å²) in [5.41, 5.74) is 1.13. The number of nitrogens with zero attached hydrogens (tertiary/aromatic N) is 1. The number of rotatable bonds is 2. The Morgan fingerprint density at radius 1 is 1.26 bits per heavy atom. The predicted octanol–water partition coefficient (Wildman–Crippen LogP) is 2.77. The van der Waals surface area contributed by atoms with Crippen molar-refractivity contribution in [3.05, 3.63) is 36.0 Å². The topological polar surface area (TPSA) is 51.2 Å². The molecule has 0 aliphatic rings. The molecule has 0 saturated heterocycles. The fourth-order valence-electron chi connectivity index (χ4n) is 1.77. The van der Waals surface area contributed by atoms with Crippen LogP contribution in [-0.4, -0.2) is 23.5 Å². The molecule has 4 heteroatoms. The second-order valence-corrected chi connectivity index (χ2v) is 5.49. The predicted molar refractivity (Wildman–Crippen MR) is 75.5 cm³/mol. The number of pyridine rings is 1. The van der Waals surface area contributed by atoms with Crippen LogP contribution in [0.1, 0.15) is 31.1 Å². The summed E-state index contributed by atoms with van der Waals surface area (Å²) in [5.74, 6) is 0.632. The van der Waals surface area contributed by atoms with E-state index in [4.69, 9.17) is 4.74 Å². The number of benzene rings is 1. The third kappa shape index (κ3) is 3.22. The van der Waals surface area contributed by atoms with Crippen LogP contribution in [0.4, 0.5) is 0 Å². The van der Waals surface area contributed by atoms with Crippen LogP contribution in [0.25, 0.3) is 10.9 Å². The standard InChI is InChI=1S/C15H18N2O2/c1-15(2,3)17-14(18)11-7-10-8-12(19-4)5-6-13(10)16-9-11/h5-9H,1-4H3,(H,17,18). The summed E-state index contributed by atoms with van der Waals surface area (Å²) in [6.07, 6.45) is 1.59. The fraction of sp³-hybridized carbons (Fsp3) is 0.333. The second-order valence-electron chi connectivity index (χ2n) is 5.49. The summed E-state index contributed by atoms with van der Waals surface area (Å²) in [6, 6.07) is 7.42. The van der Waals surface area contributed by atoms with Gasteiger partial charge < -0.3 is 10.1 Å². The molecule has 0 radical (unpaired) electrons. The monoisotopic (exact) mass is 258 g/mol. The Balaban J connectivity index is 2.37. The van der Waals surface area contributed by atoms with E-state index in [1.807, 2.05) is 45.0 Å². The van der Waals surface area contributed by atoms with Crippen LogP contribution in [-0.2, 0) is 0 Å². The van der Waals surface area contributed by atoms with Gasteiger partial charge in [0.15, 0.2) is 0 Å². The summed E-state index contributed by atoms with van der Waals surface area (Å²) >= 11 is 0. The van der Waals surface area contributed by atoms with E-state index in [0.717, 1.165) is 16.7 Å². The Labute approximate surface area is 112 Å². The molecule has 2 rings (SSSR count). The zero-order valence-corrected chi connectivity index (χ0v) is 11.7. The van der Waals surface area contributed by atoms with Gasteiger partial charge in [-0.05, 0) is 45.0 Å². The van der Waals surface area contributed by atoms with Crippen LogP contribution >= 0.6 is 0 Å². The molecule has 4 nitrogen and oxygen atoms in total. The van der Waals surface area contributed by atoms with Crippen molar-refractivity contribution in [3.8, 4) is 5.75 Å². The Hall–Kier alpha value is -2.10. The molecule has 0 unspecified atom stereocenters. The van der Waals surface area contributed by atoms with Gasteiger partial charge in [0.05, 0.1) is 18.2 Å². The van der Waals surface area contributed by atoms with Gasteiger partial charge in [-0.15, -0.1) is 0 Å². The first kappa shape index (κ1) is 13.3. The number of carbonyl (C=O) groups excluding carboxylic acids is 1. The minimum Gasteiger partial charge on any atom is -0.497 e. The van der Waals surface area contributed by atoms with Crippen LogP contribution in [0.5, 0.6) is 5.75 Å². The first-order valence-corrected chi connectivity index (χ1v) is 6.15. The average molecular weight is 258 g/mol. The molecule has 0 spiro atoms. The van der Waals surface area contributed by atoms with Crippen molar-refractivity contribution in [1.82, 2.24) is 10.3 Å². The molecule has 0 saturated carbocycles. The molecule has 0 atom stereocenters. The van der Waals surface area contributed by atoms with E-state index < -0.39 is 0 Å². The lowest BCUT2D eigenvalue weighted by Crippen LogP contribution is -2.40. The van der Waals surface area contributed by atoms with Gasteiger partial charge in [-0.25, -0.2) is 0 Å². The lowest BCUT2D eigenvalue weighted by atomic mass is 10.1. The molecule has 100 valence electrons.